The predicted molar refractivity (Wildman–Crippen MR) is 76.6 cm³/mol. The molecule has 22 heavy (non-hydrogen) atoms. The lowest BCUT2D eigenvalue weighted by atomic mass is 9.91. The Labute approximate surface area is 126 Å². The molecule has 2 heterocycles. The summed E-state index contributed by atoms with van der Waals surface area (Å²) in [7, 11) is 0. The van der Waals surface area contributed by atoms with Crippen LogP contribution in [0.5, 0.6) is 5.75 Å². The third kappa shape index (κ3) is 2.98. The zero-order valence-electron chi connectivity index (χ0n) is 12.0. The van der Waals surface area contributed by atoms with Gasteiger partial charge in [0.2, 0.25) is 0 Å². The van der Waals surface area contributed by atoms with Crippen molar-refractivity contribution in [2.75, 3.05) is 25.0 Å². The molecule has 0 aliphatic carbocycles. The summed E-state index contributed by atoms with van der Waals surface area (Å²) in [6.07, 6.45) is 1.38. The van der Waals surface area contributed by atoms with E-state index >= 15 is 0 Å². The lowest BCUT2D eigenvalue weighted by molar-refractivity contribution is -0.118. The molecule has 118 valence electrons. The normalized spacial score (nSPS) is 20.9. The number of likely N-dealkylation sites (tertiary alicyclic amines) is 1. The maximum absolute atomic E-state index is 14.0. The largest absolute Gasteiger partial charge is 0.478 e. The minimum atomic E-state index is -0.915. The molecule has 2 aliphatic rings. The van der Waals surface area contributed by atoms with Gasteiger partial charge in [-0.1, -0.05) is 0 Å². The third-order valence-electron chi connectivity index (χ3n) is 4.04. The number of nitrogens with one attached hydrogen (secondary N) is 1. The first-order valence-electron chi connectivity index (χ1n) is 7.26. The number of amides is 2. The Bertz CT molecular complexity index is 620. The van der Waals surface area contributed by atoms with Crippen LogP contribution in [0.2, 0.25) is 0 Å². The van der Waals surface area contributed by atoms with E-state index in [0.29, 0.717) is 25.2 Å². The SMILES string of the molecule is O=C1COc2c(F)cc(CC3CCCN(C(=O)O)C3)cc2N1. The molecule has 2 aliphatic heterocycles. The lowest BCUT2D eigenvalue weighted by Crippen LogP contribution is -2.39. The molecule has 2 amide bonds. The summed E-state index contributed by atoms with van der Waals surface area (Å²) < 4.78 is 19.1. The van der Waals surface area contributed by atoms with Crippen molar-refractivity contribution in [3.05, 3.63) is 23.5 Å². The minimum absolute atomic E-state index is 0.0687. The van der Waals surface area contributed by atoms with Gasteiger partial charge >= 0.3 is 6.09 Å². The number of piperidine rings is 1. The number of carboxylic acid groups (broad SMARTS) is 1. The highest BCUT2D eigenvalue weighted by molar-refractivity contribution is 5.95. The number of hydrogen-bond donors (Lipinski definition) is 2. The van der Waals surface area contributed by atoms with Gasteiger partial charge in [0, 0.05) is 13.1 Å². The number of hydrogen-bond acceptors (Lipinski definition) is 3. The van der Waals surface area contributed by atoms with Gasteiger partial charge in [0.25, 0.3) is 5.91 Å². The van der Waals surface area contributed by atoms with Gasteiger partial charge in [0.05, 0.1) is 5.69 Å². The maximum atomic E-state index is 14.0. The van der Waals surface area contributed by atoms with Crippen LogP contribution >= 0.6 is 0 Å². The molecular formula is C15H17FN2O4. The van der Waals surface area contributed by atoms with E-state index in [4.69, 9.17) is 9.84 Å². The van der Waals surface area contributed by atoms with Crippen molar-refractivity contribution in [3.8, 4) is 5.75 Å². The Morgan fingerprint density at radius 2 is 2.32 bits per heavy atom. The molecule has 0 radical (unpaired) electrons. The van der Waals surface area contributed by atoms with Crippen LogP contribution in [0, 0.1) is 11.7 Å². The second-order valence-corrected chi connectivity index (χ2v) is 5.73. The van der Waals surface area contributed by atoms with Crippen molar-refractivity contribution in [1.29, 1.82) is 0 Å². The Kier molecular flexibility index (Phi) is 3.87. The average Bonchev–Trinajstić information content (AvgIpc) is 2.47. The Morgan fingerprint density at radius 3 is 3.09 bits per heavy atom. The number of carbonyl (C=O) groups excluding carboxylic acids is 1. The fourth-order valence-electron chi connectivity index (χ4n) is 3.07. The Balaban J connectivity index is 1.75. The number of fused-ring (bicyclic) bond motifs is 1. The number of halogens is 1. The van der Waals surface area contributed by atoms with Crippen molar-refractivity contribution in [2.45, 2.75) is 19.3 Å². The molecule has 1 atom stereocenters. The first-order chi connectivity index (χ1) is 10.5. The first-order valence-corrected chi connectivity index (χ1v) is 7.26. The van der Waals surface area contributed by atoms with E-state index in [1.165, 1.54) is 11.0 Å². The van der Waals surface area contributed by atoms with Gasteiger partial charge in [-0.05, 0) is 42.9 Å². The summed E-state index contributed by atoms with van der Waals surface area (Å²) in [5.74, 6) is -0.584. The number of rotatable bonds is 2. The quantitative estimate of drug-likeness (QED) is 0.877. The van der Waals surface area contributed by atoms with Crippen molar-refractivity contribution in [1.82, 2.24) is 4.90 Å². The zero-order chi connectivity index (χ0) is 15.7. The van der Waals surface area contributed by atoms with Crippen molar-refractivity contribution < 1.29 is 23.8 Å². The Hall–Kier alpha value is -2.31. The van der Waals surface area contributed by atoms with Gasteiger partial charge in [-0.3, -0.25) is 4.79 Å². The fraction of sp³-hybridized carbons (Fsp3) is 0.467. The molecule has 1 aromatic rings. The van der Waals surface area contributed by atoms with Crippen LogP contribution < -0.4 is 10.1 Å². The lowest BCUT2D eigenvalue weighted by Gasteiger charge is -2.31. The van der Waals surface area contributed by atoms with Gasteiger partial charge < -0.3 is 20.1 Å². The first kappa shape index (κ1) is 14.6. The highest BCUT2D eigenvalue weighted by Gasteiger charge is 2.25. The summed E-state index contributed by atoms with van der Waals surface area (Å²) in [5.41, 5.74) is 1.08. The summed E-state index contributed by atoms with van der Waals surface area (Å²) in [6, 6.07) is 3.10. The Morgan fingerprint density at radius 1 is 1.50 bits per heavy atom. The molecule has 1 unspecified atom stereocenters. The third-order valence-corrected chi connectivity index (χ3v) is 4.04. The second kappa shape index (κ2) is 5.82. The molecule has 0 spiro atoms. The fourth-order valence-corrected chi connectivity index (χ4v) is 3.07. The number of carbonyl (C=O) groups is 2. The van der Waals surface area contributed by atoms with Gasteiger partial charge in [0.15, 0.2) is 18.2 Å². The summed E-state index contributed by atoms with van der Waals surface area (Å²) in [6.45, 7) is 0.824. The van der Waals surface area contributed by atoms with Crippen LogP contribution in [0.1, 0.15) is 18.4 Å². The molecule has 1 saturated heterocycles. The van der Waals surface area contributed by atoms with E-state index in [9.17, 15) is 14.0 Å². The molecule has 1 aromatic carbocycles. The van der Waals surface area contributed by atoms with Crippen LogP contribution in [0.25, 0.3) is 0 Å². The molecule has 0 aromatic heterocycles. The molecular weight excluding hydrogens is 291 g/mol. The minimum Gasteiger partial charge on any atom is -0.478 e. The maximum Gasteiger partial charge on any atom is 0.407 e. The molecule has 2 N–H and O–H groups in total. The van der Waals surface area contributed by atoms with Crippen LogP contribution in [0.15, 0.2) is 12.1 Å². The van der Waals surface area contributed by atoms with Crippen molar-refractivity contribution in [2.24, 2.45) is 5.92 Å². The van der Waals surface area contributed by atoms with Crippen molar-refractivity contribution >= 4 is 17.7 Å². The van der Waals surface area contributed by atoms with E-state index < -0.39 is 11.9 Å². The van der Waals surface area contributed by atoms with E-state index in [2.05, 4.69) is 5.32 Å². The van der Waals surface area contributed by atoms with Gasteiger partial charge in [-0.15, -0.1) is 0 Å². The van der Waals surface area contributed by atoms with Gasteiger partial charge in [0.1, 0.15) is 0 Å². The topological polar surface area (TPSA) is 78.9 Å². The van der Waals surface area contributed by atoms with Crippen molar-refractivity contribution in [3.63, 3.8) is 0 Å². The number of nitrogens with zero attached hydrogens (tertiary/aromatic N) is 1. The molecule has 1 fully saturated rings. The van der Waals surface area contributed by atoms with E-state index in [1.807, 2.05) is 0 Å². The average molecular weight is 308 g/mol. The molecule has 0 bridgehead atoms. The van der Waals surface area contributed by atoms with Gasteiger partial charge in [-0.2, -0.15) is 0 Å². The number of benzene rings is 1. The summed E-state index contributed by atoms with van der Waals surface area (Å²) >= 11 is 0. The molecule has 6 nitrogen and oxygen atoms in total. The second-order valence-electron chi connectivity index (χ2n) is 5.73. The molecule has 7 heteroatoms. The van der Waals surface area contributed by atoms with Crippen LogP contribution in [0.4, 0.5) is 14.9 Å². The van der Waals surface area contributed by atoms with E-state index in [0.717, 1.165) is 18.4 Å². The smallest absolute Gasteiger partial charge is 0.407 e. The summed E-state index contributed by atoms with van der Waals surface area (Å²) in [5, 5.41) is 11.7. The highest BCUT2D eigenvalue weighted by Crippen LogP contribution is 2.33. The van der Waals surface area contributed by atoms with E-state index in [1.54, 1.807) is 6.07 Å². The molecule has 0 saturated carbocycles. The number of anilines is 1. The van der Waals surface area contributed by atoms with Gasteiger partial charge in [-0.25, -0.2) is 9.18 Å². The van der Waals surface area contributed by atoms with Crippen LogP contribution in [-0.4, -0.2) is 41.7 Å². The standard InChI is InChI=1S/C15H17FN2O4/c16-11-5-10(6-12-14(11)22-8-13(19)17-12)4-9-2-1-3-18(7-9)15(20)21/h5-6,9H,1-4,7-8H2,(H,17,19)(H,20,21). The predicted octanol–water partition coefficient (Wildman–Crippen LogP) is 2.09. The van der Waals surface area contributed by atoms with Crippen LogP contribution in [-0.2, 0) is 11.2 Å². The number of ether oxygens (including phenoxy) is 1. The monoisotopic (exact) mass is 308 g/mol. The highest BCUT2D eigenvalue weighted by atomic mass is 19.1. The van der Waals surface area contributed by atoms with Crippen LogP contribution in [0.3, 0.4) is 0 Å². The molecule has 3 rings (SSSR count). The summed E-state index contributed by atoms with van der Waals surface area (Å²) in [4.78, 5) is 23.8. The zero-order valence-corrected chi connectivity index (χ0v) is 12.0. The van der Waals surface area contributed by atoms with E-state index in [-0.39, 0.29) is 24.2 Å².